The zero-order chi connectivity index (χ0) is 17.3. The summed E-state index contributed by atoms with van der Waals surface area (Å²) in [5.41, 5.74) is 0.294. The Kier molecular flexibility index (Phi) is 4.54. The zero-order valence-electron chi connectivity index (χ0n) is 14.4. The molecule has 1 saturated carbocycles. The highest BCUT2D eigenvalue weighted by atomic mass is 32.1. The predicted molar refractivity (Wildman–Crippen MR) is 92.2 cm³/mol. The average Bonchev–Trinajstić information content (AvgIpc) is 3.26. The molecule has 0 spiro atoms. The van der Waals surface area contributed by atoms with Crippen LogP contribution in [0.25, 0.3) is 0 Å². The van der Waals surface area contributed by atoms with Crippen molar-refractivity contribution in [2.75, 3.05) is 7.11 Å². The summed E-state index contributed by atoms with van der Waals surface area (Å²) < 4.78 is 7.11. The third-order valence-corrected chi connectivity index (χ3v) is 5.19. The van der Waals surface area contributed by atoms with E-state index in [4.69, 9.17) is 9.84 Å². The lowest BCUT2D eigenvalue weighted by Gasteiger charge is -2.12. The van der Waals surface area contributed by atoms with Crippen molar-refractivity contribution in [3.8, 4) is 5.75 Å². The smallest absolute Gasteiger partial charge is 0.285 e. The van der Waals surface area contributed by atoms with Gasteiger partial charge in [0.1, 0.15) is 16.3 Å². The molecule has 2 aromatic heterocycles. The maximum absolute atomic E-state index is 12.6. The number of ether oxygens (including phenoxy) is 1. The first-order chi connectivity index (χ1) is 11.4. The molecule has 0 saturated heterocycles. The topological polar surface area (TPSA) is 69.4 Å². The second-order valence-corrected chi connectivity index (χ2v) is 8.01. The molecule has 1 aliphatic carbocycles. The van der Waals surface area contributed by atoms with E-state index >= 15 is 0 Å². The van der Waals surface area contributed by atoms with Crippen LogP contribution in [0.4, 0.5) is 0 Å². The fraction of sp³-hybridized carbons (Fsp3) is 0.529. The first-order valence-electron chi connectivity index (χ1n) is 8.04. The van der Waals surface area contributed by atoms with Crippen molar-refractivity contribution in [2.24, 2.45) is 10.9 Å². The fourth-order valence-electron chi connectivity index (χ4n) is 2.23. The van der Waals surface area contributed by atoms with Crippen LogP contribution < -0.4 is 9.54 Å². The van der Waals surface area contributed by atoms with E-state index in [0.717, 1.165) is 11.6 Å². The Labute approximate surface area is 145 Å². The summed E-state index contributed by atoms with van der Waals surface area (Å²) in [4.78, 5) is 21.5. The first-order valence-corrected chi connectivity index (χ1v) is 8.85. The molecule has 2 heterocycles. The number of amides is 1. The molecule has 1 amide bonds. The Morgan fingerprint density at radius 2 is 2.21 bits per heavy atom. The largest absolute Gasteiger partial charge is 0.496 e. The van der Waals surface area contributed by atoms with Crippen LogP contribution in [-0.4, -0.2) is 27.8 Å². The van der Waals surface area contributed by atoms with E-state index in [9.17, 15) is 4.79 Å². The average molecular weight is 346 g/mol. The van der Waals surface area contributed by atoms with Gasteiger partial charge in [-0.25, -0.2) is 4.68 Å². The van der Waals surface area contributed by atoms with Crippen molar-refractivity contribution in [3.63, 3.8) is 0 Å². The van der Waals surface area contributed by atoms with E-state index in [1.807, 2.05) is 4.68 Å². The number of nitrogens with zero attached hydrogens (tertiary/aromatic N) is 4. The van der Waals surface area contributed by atoms with E-state index < -0.39 is 0 Å². The van der Waals surface area contributed by atoms with E-state index in [1.165, 1.54) is 37.5 Å². The summed E-state index contributed by atoms with van der Waals surface area (Å²) in [6.07, 6.45) is 5.52. The molecule has 0 N–H and O–H groups in total. The Balaban J connectivity index is 2.01. The molecular formula is C17H22N4O2S. The lowest BCUT2D eigenvalue weighted by atomic mass is 9.98. The van der Waals surface area contributed by atoms with Gasteiger partial charge in [-0.2, -0.15) is 10.1 Å². The van der Waals surface area contributed by atoms with Crippen LogP contribution in [0.1, 0.15) is 49.0 Å². The summed E-state index contributed by atoms with van der Waals surface area (Å²) in [5, 5.41) is 5.67. The SMILES string of the molecule is COc1ccncc1C(=O)N=c1sc(C(C)(C)C)nn1CC1CC1. The van der Waals surface area contributed by atoms with E-state index in [0.29, 0.717) is 22.0 Å². The lowest BCUT2D eigenvalue weighted by molar-refractivity contribution is 0.0994. The molecule has 0 radical (unpaired) electrons. The van der Waals surface area contributed by atoms with Crippen molar-refractivity contribution in [3.05, 3.63) is 33.8 Å². The molecule has 0 bridgehead atoms. The van der Waals surface area contributed by atoms with Crippen LogP contribution in [0.3, 0.4) is 0 Å². The van der Waals surface area contributed by atoms with Gasteiger partial charge in [-0.05, 0) is 24.8 Å². The summed E-state index contributed by atoms with van der Waals surface area (Å²) in [5.74, 6) is 0.781. The second-order valence-electron chi connectivity index (χ2n) is 7.06. The summed E-state index contributed by atoms with van der Waals surface area (Å²) in [6, 6.07) is 1.66. The summed E-state index contributed by atoms with van der Waals surface area (Å²) in [6.45, 7) is 7.16. The number of rotatable bonds is 4. The zero-order valence-corrected chi connectivity index (χ0v) is 15.3. The number of carbonyl (C=O) groups is 1. The van der Waals surface area contributed by atoms with Crippen LogP contribution >= 0.6 is 11.3 Å². The molecular weight excluding hydrogens is 324 g/mol. The van der Waals surface area contributed by atoms with Gasteiger partial charge in [-0.15, -0.1) is 0 Å². The van der Waals surface area contributed by atoms with Gasteiger partial charge in [0.25, 0.3) is 5.91 Å². The van der Waals surface area contributed by atoms with Gasteiger partial charge >= 0.3 is 0 Å². The highest BCUT2D eigenvalue weighted by molar-refractivity contribution is 7.09. The Hall–Kier alpha value is -2.02. The number of hydrogen-bond acceptors (Lipinski definition) is 5. The van der Waals surface area contributed by atoms with Gasteiger partial charge < -0.3 is 4.74 Å². The fourth-order valence-corrected chi connectivity index (χ4v) is 3.19. The quantitative estimate of drug-likeness (QED) is 0.853. The second kappa shape index (κ2) is 6.47. The summed E-state index contributed by atoms with van der Waals surface area (Å²) in [7, 11) is 1.53. The van der Waals surface area contributed by atoms with E-state index in [1.54, 1.807) is 12.3 Å². The first kappa shape index (κ1) is 16.8. The van der Waals surface area contributed by atoms with Gasteiger partial charge in [0.05, 0.1) is 7.11 Å². The maximum Gasteiger partial charge on any atom is 0.285 e. The Bertz CT molecular complexity index is 812. The predicted octanol–water partition coefficient (Wildman–Crippen LogP) is 2.80. The number of pyridine rings is 1. The monoisotopic (exact) mass is 346 g/mol. The molecule has 6 nitrogen and oxygen atoms in total. The van der Waals surface area contributed by atoms with Crippen LogP contribution in [0, 0.1) is 5.92 Å². The highest BCUT2D eigenvalue weighted by Crippen LogP contribution is 2.30. The Morgan fingerprint density at radius 3 is 2.83 bits per heavy atom. The summed E-state index contributed by atoms with van der Waals surface area (Å²) >= 11 is 1.48. The molecule has 1 fully saturated rings. The molecule has 1 aliphatic rings. The van der Waals surface area contributed by atoms with Crippen molar-refractivity contribution in [1.29, 1.82) is 0 Å². The minimum absolute atomic E-state index is 0.0707. The van der Waals surface area contributed by atoms with Crippen LogP contribution in [-0.2, 0) is 12.0 Å². The van der Waals surface area contributed by atoms with Crippen LogP contribution in [0.2, 0.25) is 0 Å². The van der Waals surface area contributed by atoms with Gasteiger partial charge in [0.2, 0.25) is 4.80 Å². The number of hydrogen-bond donors (Lipinski definition) is 0. The molecule has 0 aromatic carbocycles. The molecule has 0 aliphatic heterocycles. The molecule has 3 rings (SSSR count). The van der Waals surface area contributed by atoms with Gasteiger partial charge in [0.15, 0.2) is 0 Å². The normalized spacial score (nSPS) is 15.6. The molecule has 24 heavy (non-hydrogen) atoms. The molecule has 7 heteroatoms. The number of methoxy groups -OCH3 is 1. The van der Waals surface area contributed by atoms with Crippen molar-refractivity contribution < 1.29 is 9.53 Å². The van der Waals surface area contributed by atoms with Crippen molar-refractivity contribution in [1.82, 2.24) is 14.8 Å². The molecule has 2 aromatic rings. The van der Waals surface area contributed by atoms with Crippen LogP contribution in [0.5, 0.6) is 5.75 Å². The van der Waals surface area contributed by atoms with Gasteiger partial charge in [-0.1, -0.05) is 32.1 Å². The molecule has 0 atom stereocenters. The lowest BCUT2D eigenvalue weighted by Crippen LogP contribution is -2.20. The van der Waals surface area contributed by atoms with Crippen molar-refractivity contribution >= 4 is 17.2 Å². The number of aromatic nitrogens is 3. The van der Waals surface area contributed by atoms with E-state index in [2.05, 4.69) is 30.7 Å². The third kappa shape index (κ3) is 3.72. The molecule has 128 valence electrons. The minimum atomic E-state index is -0.353. The minimum Gasteiger partial charge on any atom is -0.496 e. The highest BCUT2D eigenvalue weighted by Gasteiger charge is 2.26. The molecule has 0 unspecified atom stereocenters. The Morgan fingerprint density at radius 1 is 1.46 bits per heavy atom. The van der Waals surface area contributed by atoms with Gasteiger partial charge in [0, 0.05) is 24.4 Å². The van der Waals surface area contributed by atoms with Crippen molar-refractivity contribution in [2.45, 2.75) is 45.6 Å². The number of carbonyl (C=O) groups excluding carboxylic acids is 1. The standard InChI is InChI=1S/C17H22N4O2S/c1-17(2,3)15-20-21(10-11-5-6-11)16(24-15)19-14(22)12-9-18-8-7-13(12)23-4/h7-9,11H,5-6,10H2,1-4H3. The van der Waals surface area contributed by atoms with Gasteiger partial charge in [-0.3, -0.25) is 9.78 Å². The van der Waals surface area contributed by atoms with Crippen LogP contribution in [0.15, 0.2) is 23.5 Å². The third-order valence-electron chi connectivity index (χ3n) is 3.82. The maximum atomic E-state index is 12.6. The van der Waals surface area contributed by atoms with E-state index in [-0.39, 0.29) is 11.3 Å².